The van der Waals surface area contributed by atoms with Gasteiger partial charge in [-0.05, 0) is 41.1 Å². The predicted octanol–water partition coefficient (Wildman–Crippen LogP) is 4.48. The normalized spacial score (nSPS) is 11.1. The zero-order valence-corrected chi connectivity index (χ0v) is 15.5. The van der Waals surface area contributed by atoms with Crippen molar-refractivity contribution in [2.45, 2.75) is 0 Å². The van der Waals surface area contributed by atoms with Crippen molar-refractivity contribution in [2.24, 2.45) is 5.10 Å². The SMILES string of the molecule is O=C(N/N=C\c1ccc(-c2ccc([N+](=O)[O-])cc2O)o1)c1ccc2ccccc2c1. The number of fused-ring (bicyclic) bond motifs is 1. The summed E-state index contributed by atoms with van der Waals surface area (Å²) in [5.74, 6) is 0.00899. The fourth-order valence-corrected chi connectivity index (χ4v) is 2.96. The molecule has 4 aromatic rings. The van der Waals surface area contributed by atoms with Crippen molar-refractivity contribution in [1.29, 1.82) is 0 Å². The van der Waals surface area contributed by atoms with Crippen LogP contribution < -0.4 is 5.43 Å². The van der Waals surface area contributed by atoms with Gasteiger partial charge in [-0.2, -0.15) is 5.10 Å². The quantitative estimate of drug-likeness (QED) is 0.290. The number of nitrogens with one attached hydrogen (secondary N) is 1. The van der Waals surface area contributed by atoms with Crippen molar-refractivity contribution < 1.29 is 19.2 Å². The molecule has 0 fully saturated rings. The van der Waals surface area contributed by atoms with Crippen molar-refractivity contribution in [3.8, 4) is 17.1 Å². The van der Waals surface area contributed by atoms with Gasteiger partial charge in [0, 0.05) is 11.6 Å². The largest absolute Gasteiger partial charge is 0.507 e. The molecule has 0 bridgehead atoms. The van der Waals surface area contributed by atoms with Crippen LogP contribution in [0.3, 0.4) is 0 Å². The van der Waals surface area contributed by atoms with Crippen molar-refractivity contribution >= 4 is 28.6 Å². The van der Waals surface area contributed by atoms with E-state index in [1.165, 1.54) is 18.3 Å². The molecule has 148 valence electrons. The van der Waals surface area contributed by atoms with E-state index in [0.29, 0.717) is 22.6 Å². The van der Waals surface area contributed by atoms with Crippen LogP contribution in [0.5, 0.6) is 5.75 Å². The van der Waals surface area contributed by atoms with Gasteiger partial charge in [0.15, 0.2) is 0 Å². The zero-order chi connectivity index (χ0) is 21.1. The minimum absolute atomic E-state index is 0.221. The first-order valence-electron chi connectivity index (χ1n) is 8.91. The average Bonchev–Trinajstić information content (AvgIpc) is 3.21. The molecule has 4 rings (SSSR count). The number of nitro groups is 1. The number of nitro benzene ring substituents is 1. The summed E-state index contributed by atoms with van der Waals surface area (Å²) in [7, 11) is 0. The van der Waals surface area contributed by atoms with Crippen molar-refractivity contribution in [1.82, 2.24) is 5.43 Å². The maximum atomic E-state index is 12.3. The summed E-state index contributed by atoms with van der Waals surface area (Å²) in [6, 6.07) is 20.0. The number of phenols is 1. The van der Waals surface area contributed by atoms with Crippen LogP contribution in [0.25, 0.3) is 22.1 Å². The average molecular weight is 401 g/mol. The molecule has 0 aliphatic heterocycles. The second-order valence-electron chi connectivity index (χ2n) is 6.42. The Morgan fingerprint density at radius 2 is 1.83 bits per heavy atom. The lowest BCUT2D eigenvalue weighted by Gasteiger charge is -2.02. The first kappa shape index (κ1) is 18.9. The van der Waals surface area contributed by atoms with Crippen LogP contribution in [0.2, 0.25) is 0 Å². The summed E-state index contributed by atoms with van der Waals surface area (Å²) in [6.45, 7) is 0. The second-order valence-corrected chi connectivity index (χ2v) is 6.42. The van der Waals surface area contributed by atoms with Crippen LogP contribution in [0, 0.1) is 10.1 Å². The van der Waals surface area contributed by atoms with E-state index in [1.54, 1.807) is 24.3 Å². The lowest BCUT2D eigenvalue weighted by atomic mass is 10.1. The molecule has 1 heterocycles. The highest BCUT2D eigenvalue weighted by atomic mass is 16.6. The molecular weight excluding hydrogens is 386 g/mol. The molecule has 0 saturated carbocycles. The maximum Gasteiger partial charge on any atom is 0.273 e. The third-order valence-electron chi connectivity index (χ3n) is 4.45. The Morgan fingerprint density at radius 3 is 2.60 bits per heavy atom. The molecule has 0 aliphatic rings. The highest BCUT2D eigenvalue weighted by molar-refractivity contribution is 5.98. The van der Waals surface area contributed by atoms with E-state index in [1.807, 2.05) is 30.3 Å². The molecular formula is C22H15N3O5. The number of furan rings is 1. The number of carbonyl (C=O) groups is 1. The minimum Gasteiger partial charge on any atom is -0.507 e. The van der Waals surface area contributed by atoms with Gasteiger partial charge in [-0.25, -0.2) is 5.43 Å². The van der Waals surface area contributed by atoms with Gasteiger partial charge in [-0.15, -0.1) is 0 Å². The molecule has 0 radical (unpaired) electrons. The van der Waals surface area contributed by atoms with Crippen LogP contribution in [-0.4, -0.2) is 22.2 Å². The minimum atomic E-state index is -0.595. The Kier molecular flexibility index (Phi) is 4.96. The van der Waals surface area contributed by atoms with Crippen LogP contribution >= 0.6 is 0 Å². The van der Waals surface area contributed by atoms with Gasteiger partial charge in [0.05, 0.1) is 22.8 Å². The number of amides is 1. The Hall–Kier alpha value is -4.46. The fourth-order valence-electron chi connectivity index (χ4n) is 2.96. The molecule has 1 amide bonds. The Balaban J connectivity index is 1.45. The molecule has 0 spiro atoms. The number of non-ortho nitro benzene ring substituents is 1. The number of carbonyl (C=O) groups excluding carboxylic acids is 1. The molecule has 0 saturated heterocycles. The number of rotatable bonds is 5. The lowest BCUT2D eigenvalue weighted by molar-refractivity contribution is -0.384. The highest BCUT2D eigenvalue weighted by Crippen LogP contribution is 2.33. The lowest BCUT2D eigenvalue weighted by Crippen LogP contribution is -2.17. The zero-order valence-electron chi connectivity index (χ0n) is 15.5. The van der Waals surface area contributed by atoms with Gasteiger partial charge in [-0.1, -0.05) is 30.3 Å². The van der Waals surface area contributed by atoms with E-state index in [4.69, 9.17) is 4.42 Å². The molecule has 0 atom stereocenters. The number of hydrazone groups is 1. The molecule has 8 heteroatoms. The van der Waals surface area contributed by atoms with Crippen molar-refractivity contribution in [3.05, 3.63) is 94.2 Å². The summed E-state index contributed by atoms with van der Waals surface area (Å²) >= 11 is 0. The Morgan fingerprint density at radius 1 is 1.03 bits per heavy atom. The van der Waals surface area contributed by atoms with Crippen molar-refractivity contribution in [3.63, 3.8) is 0 Å². The standard InChI is InChI=1S/C22H15N3O5/c26-20-12-17(25(28)29)7-9-19(20)21-10-8-18(30-21)13-23-24-22(27)16-6-5-14-3-1-2-4-15(14)11-16/h1-13,26H,(H,24,27)/b23-13-. The van der Waals surface area contributed by atoms with Gasteiger partial charge in [0.2, 0.25) is 0 Å². The topological polar surface area (TPSA) is 118 Å². The van der Waals surface area contributed by atoms with E-state index in [9.17, 15) is 20.0 Å². The monoisotopic (exact) mass is 401 g/mol. The summed E-state index contributed by atoms with van der Waals surface area (Å²) in [5.41, 5.74) is 3.00. The number of aromatic hydroxyl groups is 1. The van der Waals surface area contributed by atoms with Crippen LogP contribution in [0.15, 0.2) is 82.3 Å². The van der Waals surface area contributed by atoms with Crippen molar-refractivity contribution in [2.75, 3.05) is 0 Å². The van der Waals surface area contributed by atoms with E-state index in [-0.39, 0.29) is 17.3 Å². The van der Waals surface area contributed by atoms with E-state index >= 15 is 0 Å². The third kappa shape index (κ3) is 3.88. The number of hydrogen-bond acceptors (Lipinski definition) is 6. The summed E-state index contributed by atoms with van der Waals surface area (Å²) in [5, 5.41) is 26.6. The maximum absolute atomic E-state index is 12.3. The second kappa shape index (κ2) is 7.88. The summed E-state index contributed by atoms with van der Waals surface area (Å²) < 4.78 is 5.57. The van der Waals surface area contributed by atoms with Crippen LogP contribution in [0.4, 0.5) is 5.69 Å². The smallest absolute Gasteiger partial charge is 0.273 e. The van der Waals surface area contributed by atoms with E-state index < -0.39 is 4.92 Å². The molecule has 1 aromatic heterocycles. The van der Waals surface area contributed by atoms with E-state index in [0.717, 1.165) is 16.8 Å². The highest BCUT2D eigenvalue weighted by Gasteiger charge is 2.14. The predicted molar refractivity (Wildman–Crippen MR) is 111 cm³/mol. The first-order chi connectivity index (χ1) is 14.5. The number of benzene rings is 3. The van der Waals surface area contributed by atoms with Gasteiger partial charge in [-0.3, -0.25) is 14.9 Å². The molecule has 2 N–H and O–H groups in total. The summed E-state index contributed by atoms with van der Waals surface area (Å²) in [4.78, 5) is 22.5. The number of phenolic OH excluding ortho intramolecular Hbond substituents is 1. The summed E-state index contributed by atoms with van der Waals surface area (Å²) in [6.07, 6.45) is 1.32. The molecule has 0 unspecified atom stereocenters. The van der Waals surface area contributed by atoms with Crippen LogP contribution in [-0.2, 0) is 0 Å². The first-order valence-corrected chi connectivity index (χ1v) is 8.91. The van der Waals surface area contributed by atoms with Gasteiger partial charge >= 0.3 is 0 Å². The van der Waals surface area contributed by atoms with Gasteiger partial charge < -0.3 is 9.52 Å². The van der Waals surface area contributed by atoms with E-state index in [2.05, 4.69) is 10.5 Å². The molecule has 30 heavy (non-hydrogen) atoms. The molecule has 3 aromatic carbocycles. The fraction of sp³-hybridized carbons (Fsp3) is 0. The van der Waals surface area contributed by atoms with Gasteiger partial charge in [0.1, 0.15) is 17.3 Å². The Bertz CT molecular complexity index is 1290. The number of hydrogen-bond donors (Lipinski definition) is 2. The molecule has 8 nitrogen and oxygen atoms in total. The van der Waals surface area contributed by atoms with Crippen LogP contribution in [0.1, 0.15) is 16.1 Å². The third-order valence-corrected chi connectivity index (χ3v) is 4.45. The number of nitrogens with zero attached hydrogens (tertiary/aromatic N) is 2. The molecule has 0 aliphatic carbocycles. The van der Waals surface area contributed by atoms with Gasteiger partial charge in [0.25, 0.3) is 11.6 Å². The Labute approximate surface area is 170 Å².